The van der Waals surface area contributed by atoms with E-state index in [-0.39, 0.29) is 11.7 Å². The lowest BCUT2D eigenvalue weighted by molar-refractivity contribution is -0.118. The molecule has 4 nitrogen and oxygen atoms in total. The minimum Gasteiger partial charge on any atom is -0.507 e. The van der Waals surface area contributed by atoms with E-state index in [2.05, 4.69) is 10.5 Å². The van der Waals surface area contributed by atoms with Gasteiger partial charge in [-0.05, 0) is 17.7 Å². The summed E-state index contributed by atoms with van der Waals surface area (Å²) in [6, 6.07) is 16.8. The van der Waals surface area contributed by atoms with Crippen LogP contribution in [0.4, 0.5) is 0 Å². The monoisotopic (exact) mass is 300 g/mol. The third kappa shape index (κ3) is 5.31. The predicted molar refractivity (Wildman–Crippen MR) is 86.4 cm³/mol. The number of hydrogen-bond donors (Lipinski definition) is 2. The van der Waals surface area contributed by atoms with Crippen LogP contribution in [0.5, 0.6) is 5.75 Å². The topological polar surface area (TPSA) is 61.7 Å². The van der Waals surface area contributed by atoms with Gasteiger partial charge < -0.3 is 5.11 Å². The van der Waals surface area contributed by atoms with Gasteiger partial charge in [-0.25, -0.2) is 5.43 Å². The number of rotatable bonds is 6. The summed E-state index contributed by atoms with van der Waals surface area (Å²) < 4.78 is 0. The van der Waals surface area contributed by atoms with E-state index in [9.17, 15) is 9.90 Å². The number of para-hydroxylation sites is 1. The number of hydrazone groups is 1. The van der Waals surface area contributed by atoms with E-state index >= 15 is 0 Å². The first-order chi connectivity index (χ1) is 10.3. The van der Waals surface area contributed by atoms with Gasteiger partial charge in [-0.2, -0.15) is 5.10 Å². The van der Waals surface area contributed by atoms with E-state index in [1.807, 2.05) is 30.3 Å². The lowest BCUT2D eigenvalue weighted by Crippen LogP contribution is -2.19. The first kappa shape index (κ1) is 15.1. The lowest BCUT2D eigenvalue weighted by Gasteiger charge is -2.01. The number of aromatic hydroxyl groups is 1. The van der Waals surface area contributed by atoms with E-state index in [1.165, 1.54) is 23.5 Å². The number of phenolic OH excluding ortho intramolecular Hbond substituents is 1. The van der Waals surface area contributed by atoms with Crippen LogP contribution in [0.25, 0.3) is 0 Å². The normalized spacial score (nSPS) is 10.7. The molecule has 1 amide bonds. The van der Waals surface area contributed by atoms with Crippen LogP contribution < -0.4 is 5.43 Å². The van der Waals surface area contributed by atoms with Crippen molar-refractivity contribution >= 4 is 23.9 Å². The SMILES string of the molecule is O=C(CSCc1ccccc1)NN=Cc1ccccc1O. The summed E-state index contributed by atoms with van der Waals surface area (Å²) in [5.74, 6) is 1.10. The minimum absolute atomic E-state index is 0.133. The summed E-state index contributed by atoms with van der Waals surface area (Å²) >= 11 is 1.53. The van der Waals surface area contributed by atoms with Gasteiger partial charge in [0.25, 0.3) is 0 Å². The van der Waals surface area contributed by atoms with Gasteiger partial charge in [0.15, 0.2) is 0 Å². The predicted octanol–water partition coefficient (Wildman–Crippen LogP) is 2.78. The van der Waals surface area contributed by atoms with E-state index < -0.39 is 0 Å². The van der Waals surface area contributed by atoms with Gasteiger partial charge in [-0.3, -0.25) is 4.79 Å². The van der Waals surface area contributed by atoms with Crippen molar-refractivity contribution in [2.24, 2.45) is 5.10 Å². The van der Waals surface area contributed by atoms with E-state index in [4.69, 9.17) is 0 Å². The van der Waals surface area contributed by atoms with Gasteiger partial charge in [0.05, 0.1) is 12.0 Å². The van der Waals surface area contributed by atoms with Gasteiger partial charge >= 0.3 is 0 Å². The van der Waals surface area contributed by atoms with Crippen LogP contribution >= 0.6 is 11.8 Å². The molecule has 0 spiro atoms. The molecule has 0 saturated heterocycles. The van der Waals surface area contributed by atoms with Gasteiger partial charge in [-0.1, -0.05) is 42.5 Å². The molecule has 0 bridgehead atoms. The molecule has 0 fully saturated rings. The Balaban J connectivity index is 1.71. The zero-order valence-electron chi connectivity index (χ0n) is 11.4. The van der Waals surface area contributed by atoms with Crippen molar-refractivity contribution in [3.05, 3.63) is 65.7 Å². The Hall–Kier alpha value is -2.27. The second-order valence-corrected chi connectivity index (χ2v) is 5.32. The van der Waals surface area contributed by atoms with E-state index in [0.29, 0.717) is 11.3 Å². The standard InChI is InChI=1S/C16H16N2O2S/c19-15-9-5-4-8-14(15)10-17-18-16(20)12-21-11-13-6-2-1-3-7-13/h1-10,19H,11-12H2,(H,18,20). The number of benzene rings is 2. The fraction of sp³-hybridized carbons (Fsp3) is 0.125. The second-order valence-electron chi connectivity index (χ2n) is 4.33. The van der Waals surface area contributed by atoms with Crippen molar-refractivity contribution in [3.63, 3.8) is 0 Å². The summed E-state index contributed by atoms with van der Waals surface area (Å²) in [5.41, 5.74) is 4.20. The molecule has 2 aromatic rings. The molecule has 0 aliphatic heterocycles. The van der Waals surface area contributed by atoms with Crippen molar-refractivity contribution < 1.29 is 9.90 Å². The third-order valence-electron chi connectivity index (χ3n) is 2.67. The average molecular weight is 300 g/mol. The maximum atomic E-state index is 11.6. The minimum atomic E-state index is -0.164. The molecule has 0 atom stereocenters. The Morgan fingerprint density at radius 2 is 1.86 bits per heavy atom. The average Bonchev–Trinajstić information content (AvgIpc) is 2.50. The summed E-state index contributed by atoms with van der Waals surface area (Å²) in [4.78, 5) is 11.6. The molecule has 108 valence electrons. The summed E-state index contributed by atoms with van der Waals surface area (Å²) in [5, 5.41) is 13.4. The molecule has 0 aromatic heterocycles. The Bertz CT molecular complexity index is 615. The quantitative estimate of drug-likeness (QED) is 0.637. The number of amides is 1. The number of phenols is 1. The first-order valence-electron chi connectivity index (χ1n) is 6.47. The molecule has 5 heteroatoms. The number of carbonyl (C=O) groups is 1. The number of carbonyl (C=O) groups excluding carboxylic acids is 1. The van der Waals surface area contributed by atoms with Gasteiger partial charge in [0.1, 0.15) is 5.75 Å². The fourth-order valence-electron chi connectivity index (χ4n) is 1.64. The Morgan fingerprint density at radius 1 is 1.14 bits per heavy atom. The van der Waals surface area contributed by atoms with Crippen LogP contribution in [0.15, 0.2) is 59.7 Å². The summed E-state index contributed by atoms with van der Waals surface area (Å²) in [7, 11) is 0. The number of nitrogens with one attached hydrogen (secondary N) is 1. The molecule has 0 aliphatic carbocycles. The van der Waals surface area contributed by atoms with Crippen molar-refractivity contribution in [1.82, 2.24) is 5.43 Å². The molecule has 2 rings (SSSR count). The molecule has 0 saturated carbocycles. The fourth-order valence-corrected chi connectivity index (χ4v) is 2.42. The summed E-state index contributed by atoms with van der Waals surface area (Å²) in [6.45, 7) is 0. The largest absolute Gasteiger partial charge is 0.507 e. The Morgan fingerprint density at radius 3 is 2.62 bits per heavy atom. The molecule has 0 unspecified atom stereocenters. The third-order valence-corrected chi connectivity index (χ3v) is 3.68. The smallest absolute Gasteiger partial charge is 0.250 e. The van der Waals surface area contributed by atoms with Gasteiger partial charge in [-0.15, -0.1) is 11.8 Å². The summed E-state index contributed by atoms with van der Waals surface area (Å²) in [6.07, 6.45) is 1.43. The highest BCUT2D eigenvalue weighted by Crippen LogP contribution is 2.13. The number of nitrogens with zero attached hydrogens (tertiary/aromatic N) is 1. The van der Waals surface area contributed by atoms with Crippen LogP contribution in [0.3, 0.4) is 0 Å². The van der Waals surface area contributed by atoms with E-state index in [1.54, 1.807) is 24.3 Å². The number of hydrogen-bond acceptors (Lipinski definition) is 4. The van der Waals surface area contributed by atoms with Crippen molar-refractivity contribution in [2.45, 2.75) is 5.75 Å². The zero-order chi connectivity index (χ0) is 14.9. The van der Waals surface area contributed by atoms with Crippen LogP contribution in [-0.2, 0) is 10.5 Å². The van der Waals surface area contributed by atoms with Crippen molar-refractivity contribution in [2.75, 3.05) is 5.75 Å². The highest BCUT2D eigenvalue weighted by Gasteiger charge is 2.01. The maximum absolute atomic E-state index is 11.6. The van der Waals surface area contributed by atoms with E-state index in [0.717, 1.165) is 5.75 Å². The first-order valence-corrected chi connectivity index (χ1v) is 7.63. The highest BCUT2D eigenvalue weighted by atomic mass is 32.2. The molecular weight excluding hydrogens is 284 g/mol. The van der Waals surface area contributed by atoms with Crippen LogP contribution in [-0.4, -0.2) is 23.0 Å². The van der Waals surface area contributed by atoms with Crippen LogP contribution in [0.2, 0.25) is 0 Å². The van der Waals surface area contributed by atoms with Gasteiger partial charge in [0.2, 0.25) is 5.91 Å². The lowest BCUT2D eigenvalue weighted by atomic mass is 10.2. The van der Waals surface area contributed by atoms with Crippen LogP contribution in [0.1, 0.15) is 11.1 Å². The second kappa shape index (κ2) is 8.11. The van der Waals surface area contributed by atoms with Gasteiger partial charge in [0, 0.05) is 11.3 Å². The number of thioether (sulfide) groups is 1. The van der Waals surface area contributed by atoms with Crippen molar-refractivity contribution in [1.29, 1.82) is 0 Å². The molecule has 0 aliphatic rings. The molecule has 2 N–H and O–H groups in total. The Labute approximate surface area is 127 Å². The van der Waals surface area contributed by atoms with Crippen molar-refractivity contribution in [3.8, 4) is 5.75 Å². The maximum Gasteiger partial charge on any atom is 0.250 e. The molecule has 0 heterocycles. The Kier molecular flexibility index (Phi) is 5.84. The zero-order valence-corrected chi connectivity index (χ0v) is 12.2. The molecule has 0 radical (unpaired) electrons. The van der Waals surface area contributed by atoms with Crippen LogP contribution in [0, 0.1) is 0 Å². The molecular formula is C16H16N2O2S. The molecule has 21 heavy (non-hydrogen) atoms. The highest BCUT2D eigenvalue weighted by molar-refractivity contribution is 7.99. The molecule has 2 aromatic carbocycles.